The van der Waals surface area contributed by atoms with Crippen LogP contribution >= 0.6 is 35.4 Å². The number of hydrogen-bond donors (Lipinski definition) is 1. The van der Waals surface area contributed by atoms with Gasteiger partial charge in [0, 0.05) is 25.7 Å². The summed E-state index contributed by atoms with van der Waals surface area (Å²) in [5.74, 6) is 0. The molecule has 1 atom stereocenters. The van der Waals surface area contributed by atoms with Crippen LogP contribution < -0.4 is 0 Å². The number of morpholine rings is 1. The first-order valence-electron chi connectivity index (χ1n) is 6.95. The summed E-state index contributed by atoms with van der Waals surface area (Å²) in [5.41, 5.74) is 1.92. The van der Waals surface area contributed by atoms with Crippen LogP contribution in [0.15, 0.2) is 12.1 Å². The first-order valence-corrected chi connectivity index (χ1v) is 8.12. The van der Waals surface area contributed by atoms with E-state index in [0.717, 1.165) is 43.9 Å². The van der Waals surface area contributed by atoms with Gasteiger partial charge in [0.15, 0.2) is 4.77 Å². The van der Waals surface area contributed by atoms with Crippen LogP contribution in [0.25, 0.3) is 11.0 Å². The molecule has 0 aliphatic carbocycles. The SMILES string of the molecule is CC(CN1CCOCC1)n1c(=S)[nH]c2cc(Cl)c(Cl)cc21. The normalized spacial score (nSPS) is 18.2. The van der Waals surface area contributed by atoms with E-state index in [9.17, 15) is 0 Å². The third-order valence-corrected chi connectivity index (χ3v) is 4.85. The van der Waals surface area contributed by atoms with Gasteiger partial charge in [-0.1, -0.05) is 23.2 Å². The molecule has 1 aliphatic rings. The van der Waals surface area contributed by atoms with Crippen LogP contribution in [0.3, 0.4) is 0 Å². The van der Waals surface area contributed by atoms with Gasteiger partial charge in [-0.05, 0) is 31.3 Å². The molecule has 2 heterocycles. The maximum atomic E-state index is 6.15. The van der Waals surface area contributed by atoms with E-state index in [1.54, 1.807) is 0 Å². The minimum Gasteiger partial charge on any atom is -0.379 e. The van der Waals surface area contributed by atoms with Gasteiger partial charge in [-0.25, -0.2) is 0 Å². The van der Waals surface area contributed by atoms with Crippen molar-refractivity contribution in [3.8, 4) is 0 Å². The van der Waals surface area contributed by atoms with Gasteiger partial charge in [0.2, 0.25) is 0 Å². The van der Waals surface area contributed by atoms with E-state index in [1.165, 1.54) is 0 Å². The Labute approximate surface area is 138 Å². The van der Waals surface area contributed by atoms with Crippen LogP contribution in [-0.2, 0) is 4.74 Å². The lowest BCUT2D eigenvalue weighted by atomic mass is 10.2. The second-order valence-electron chi connectivity index (χ2n) is 5.35. The van der Waals surface area contributed by atoms with E-state index < -0.39 is 0 Å². The summed E-state index contributed by atoms with van der Waals surface area (Å²) in [6, 6.07) is 3.95. The van der Waals surface area contributed by atoms with Gasteiger partial charge in [0.25, 0.3) is 0 Å². The van der Waals surface area contributed by atoms with Gasteiger partial charge in [-0.3, -0.25) is 4.90 Å². The summed E-state index contributed by atoms with van der Waals surface area (Å²) < 4.78 is 8.20. The van der Waals surface area contributed by atoms with Crippen molar-refractivity contribution in [2.45, 2.75) is 13.0 Å². The van der Waals surface area contributed by atoms with Crippen LogP contribution in [-0.4, -0.2) is 47.3 Å². The minimum atomic E-state index is 0.251. The lowest BCUT2D eigenvalue weighted by Gasteiger charge is -2.29. The predicted molar refractivity (Wildman–Crippen MR) is 89.1 cm³/mol. The van der Waals surface area contributed by atoms with Crippen LogP contribution in [0.4, 0.5) is 0 Å². The van der Waals surface area contributed by atoms with Gasteiger partial charge in [-0.15, -0.1) is 0 Å². The first-order chi connectivity index (χ1) is 10.1. The Morgan fingerprint density at radius 2 is 1.95 bits per heavy atom. The Hall–Kier alpha value is -0.590. The predicted octanol–water partition coefficient (Wildman–Crippen LogP) is 3.90. The maximum absolute atomic E-state index is 6.15. The molecule has 0 bridgehead atoms. The molecule has 0 saturated carbocycles. The molecular formula is C14H17Cl2N3OS. The third-order valence-electron chi connectivity index (χ3n) is 3.83. The molecule has 114 valence electrons. The van der Waals surface area contributed by atoms with Gasteiger partial charge in [0.05, 0.1) is 34.3 Å². The second kappa shape index (κ2) is 6.26. The smallest absolute Gasteiger partial charge is 0.178 e. The zero-order chi connectivity index (χ0) is 15.0. The summed E-state index contributed by atoms with van der Waals surface area (Å²) in [6.45, 7) is 6.63. The van der Waals surface area contributed by atoms with E-state index in [-0.39, 0.29) is 6.04 Å². The number of rotatable bonds is 3. The fraction of sp³-hybridized carbons (Fsp3) is 0.500. The number of hydrogen-bond acceptors (Lipinski definition) is 3. The fourth-order valence-corrected chi connectivity index (χ4v) is 3.51. The Morgan fingerprint density at radius 3 is 2.67 bits per heavy atom. The Kier molecular flexibility index (Phi) is 4.57. The van der Waals surface area contributed by atoms with Gasteiger partial charge < -0.3 is 14.3 Å². The van der Waals surface area contributed by atoms with Crippen molar-refractivity contribution in [3.05, 3.63) is 26.9 Å². The van der Waals surface area contributed by atoms with Crippen molar-refractivity contribution in [1.82, 2.24) is 14.5 Å². The molecule has 1 aliphatic heterocycles. The van der Waals surface area contributed by atoms with E-state index >= 15 is 0 Å². The van der Waals surface area contributed by atoms with Crippen molar-refractivity contribution in [2.75, 3.05) is 32.8 Å². The van der Waals surface area contributed by atoms with Crippen LogP contribution in [0.1, 0.15) is 13.0 Å². The number of aromatic amines is 1. The maximum Gasteiger partial charge on any atom is 0.178 e. The van der Waals surface area contributed by atoms with Crippen LogP contribution in [0.2, 0.25) is 10.0 Å². The zero-order valence-electron chi connectivity index (χ0n) is 11.7. The average Bonchev–Trinajstić information content (AvgIpc) is 2.75. The molecule has 21 heavy (non-hydrogen) atoms. The molecule has 1 aromatic heterocycles. The Bertz CT molecular complexity index is 706. The van der Waals surface area contributed by atoms with Crippen molar-refractivity contribution < 1.29 is 4.74 Å². The summed E-state index contributed by atoms with van der Waals surface area (Å²) >= 11 is 17.7. The third kappa shape index (κ3) is 3.12. The van der Waals surface area contributed by atoms with Gasteiger partial charge >= 0.3 is 0 Å². The largest absolute Gasteiger partial charge is 0.379 e. The average molecular weight is 346 g/mol. The number of fused-ring (bicyclic) bond motifs is 1. The standard InChI is InChI=1S/C14H17Cl2N3OS/c1-9(8-18-2-4-20-5-3-18)19-13-7-11(16)10(15)6-12(13)17-14(19)21/h6-7,9H,2-5,8H2,1H3,(H,17,21). The molecule has 4 nitrogen and oxygen atoms in total. The van der Waals surface area contributed by atoms with E-state index in [1.807, 2.05) is 12.1 Å². The second-order valence-corrected chi connectivity index (χ2v) is 6.55. The Morgan fingerprint density at radius 1 is 1.29 bits per heavy atom. The van der Waals surface area contributed by atoms with E-state index in [2.05, 4.69) is 21.4 Å². The highest BCUT2D eigenvalue weighted by molar-refractivity contribution is 7.71. The van der Waals surface area contributed by atoms with Crippen LogP contribution in [0.5, 0.6) is 0 Å². The van der Waals surface area contributed by atoms with Crippen LogP contribution in [0, 0.1) is 4.77 Å². The molecule has 1 fully saturated rings. The van der Waals surface area contributed by atoms with E-state index in [4.69, 9.17) is 40.2 Å². The number of benzene rings is 1. The highest BCUT2D eigenvalue weighted by Crippen LogP contribution is 2.29. The number of imidazole rings is 1. The monoisotopic (exact) mass is 345 g/mol. The molecule has 0 radical (unpaired) electrons. The molecule has 1 N–H and O–H groups in total. The van der Waals surface area contributed by atoms with Crippen molar-refractivity contribution in [3.63, 3.8) is 0 Å². The molecule has 0 amide bonds. The minimum absolute atomic E-state index is 0.251. The number of nitrogens with one attached hydrogen (secondary N) is 1. The summed E-state index contributed by atoms with van der Waals surface area (Å²) in [7, 11) is 0. The topological polar surface area (TPSA) is 33.2 Å². The quantitative estimate of drug-likeness (QED) is 0.856. The van der Waals surface area contributed by atoms with Crippen molar-refractivity contribution >= 4 is 46.5 Å². The molecule has 7 heteroatoms. The Balaban J connectivity index is 1.93. The van der Waals surface area contributed by atoms with Crippen molar-refractivity contribution in [2.24, 2.45) is 0 Å². The molecule has 1 saturated heterocycles. The number of halogens is 2. The molecule has 1 unspecified atom stereocenters. The number of nitrogens with zero attached hydrogens (tertiary/aromatic N) is 2. The number of aromatic nitrogens is 2. The summed E-state index contributed by atoms with van der Waals surface area (Å²) in [5, 5.41) is 1.08. The summed E-state index contributed by atoms with van der Waals surface area (Å²) in [6.07, 6.45) is 0. The molecule has 3 rings (SSSR count). The molecular weight excluding hydrogens is 329 g/mol. The highest BCUT2D eigenvalue weighted by atomic mass is 35.5. The molecule has 1 aromatic carbocycles. The lowest BCUT2D eigenvalue weighted by molar-refractivity contribution is 0.0327. The highest BCUT2D eigenvalue weighted by Gasteiger charge is 2.18. The molecule has 2 aromatic rings. The summed E-state index contributed by atoms with van der Waals surface area (Å²) in [4.78, 5) is 5.60. The van der Waals surface area contributed by atoms with Gasteiger partial charge in [-0.2, -0.15) is 0 Å². The van der Waals surface area contributed by atoms with E-state index in [0.29, 0.717) is 14.8 Å². The van der Waals surface area contributed by atoms with Crippen molar-refractivity contribution in [1.29, 1.82) is 0 Å². The number of H-pyrrole nitrogens is 1. The fourth-order valence-electron chi connectivity index (χ4n) is 2.80. The molecule has 0 spiro atoms. The zero-order valence-corrected chi connectivity index (χ0v) is 14.1. The number of ether oxygens (including phenoxy) is 1. The lowest BCUT2D eigenvalue weighted by Crippen LogP contribution is -2.39. The first kappa shape index (κ1) is 15.3. The van der Waals surface area contributed by atoms with Gasteiger partial charge in [0.1, 0.15) is 0 Å².